The molecule has 6 heteroatoms. The lowest BCUT2D eigenvalue weighted by Gasteiger charge is -2.24. The first-order valence-corrected chi connectivity index (χ1v) is 6.65. The van der Waals surface area contributed by atoms with Crippen molar-refractivity contribution in [1.82, 2.24) is 19.9 Å². The highest BCUT2D eigenvalue weighted by molar-refractivity contribution is 6.28. The van der Waals surface area contributed by atoms with Gasteiger partial charge in [-0.15, -0.1) is 0 Å². The third-order valence-electron chi connectivity index (χ3n) is 3.75. The monoisotopic (exact) mass is 265 g/mol. The maximum absolute atomic E-state index is 5.89. The van der Waals surface area contributed by atoms with E-state index in [4.69, 9.17) is 11.6 Å². The van der Waals surface area contributed by atoms with Crippen LogP contribution in [0.4, 0.5) is 5.82 Å². The molecule has 0 radical (unpaired) electrons. The number of nitrogens with one attached hydrogen (secondary N) is 2. The summed E-state index contributed by atoms with van der Waals surface area (Å²) in [7, 11) is 0. The van der Waals surface area contributed by atoms with E-state index in [1.54, 1.807) is 6.33 Å². The molecule has 0 aromatic carbocycles. The third-order valence-corrected chi connectivity index (χ3v) is 3.92. The molecule has 96 valence electrons. The van der Waals surface area contributed by atoms with Crippen LogP contribution in [-0.2, 0) is 0 Å². The molecular weight excluding hydrogens is 250 g/mol. The number of nitrogens with zero attached hydrogens (tertiary/aromatic N) is 3. The van der Waals surface area contributed by atoms with Crippen molar-refractivity contribution in [2.75, 3.05) is 11.9 Å². The topological polar surface area (TPSA) is 66.5 Å². The van der Waals surface area contributed by atoms with Gasteiger partial charge in [0.1, 0.15) is 5.52 Å². The van der Waals surface area contributed by atoms with Gasteiger partial charge in [0, 0.05) is 6.54 Å². The molecule has 1 aliphatic rings. The fourth-order valence-corrected chi connectivity index (χ4v) is 2.80. The van der Waals surface area contributed by atoms with Crippen molar-refractivity contribution in [2.24, 2.45) is 5.41 Å². The molecule has 0 saturated heterocycles. The second kappa shape index (κ2) is 4.39. The number of halogens is 1. The molecule has 5 nitrogen and oxygen atoms in total. The van der Waals surface area contributed by atoms with Crippen LogP contribution in [0.5, 0.6) is 0 Å². The van der Waals surface area contributed by atoms with Crippen LogP contribution in [0.2, 0.25) is 5.28 Å². The van der Waals surface area contributed by atoms with Crippen LogP contribution in [-0.4, -0.2) is 26.5 Å². The fraction of sp³-hybridized carbons (Fsp3) is 0.583. The van der Waals surface area contributed by atoms with Gasteiger partial charge in [0.05, 0.1) is 6.33 Å². The lowest BCUT2D eigenvalue weighted by Crippen LogP contribution is -2.23. The molecule has 0 unspecified atom stereocenters. The highest BCUT2D eigenvalue weighted by Crippen LogP contribution is 2.37. The Morgan fingerprint density at radius 2 is 2.17 bits per heavy atom. The van der Waals surface area contributed by atoms with Gasteiger partial charge in [-0.25, -0.2) is 4.98 Å². The van der Waals surface area contributed by atoms with Gasteiger partial charge in [-0.3, -0.25) is 0 Å². The minimum absolute atomic E-state index is 0.230. The first-order chi connectivity index (χ1) is 8.66. The SMILES string of the molecule is CC1(CNc2nc(Cl)nc3nc[nH]c23)CCCC1. The summed E-state index contributed by atoms with van der Waals surface area (Å²) in [6.07, 6.45) is 6.79. The Morgan fingerprint density at radius 1 is 1.39 bits per heavy atom. The minimum atomic E-state index is 0.230. The predicted molar refractivity (Wildman–Crippen MR) is 71.8 cm³/mol. The molecule has 1 saturated carbocycles. The van der Waals surface area contributed by atoms with Gasteiger partial charge in [0.2, 0.25) is 5.28 Å². The Hall–Kier alpha value is -1.36. The van der Waals surface area contributed by atoms with Gasteiger partial charge in [-0.1, -0.05) is 19.8 Å². The largest absolute Gasteiger partial charge is 0.368 e. The van der Waals surface area contributed by atoms with Crippen LogP contribution < -0.4 is 5.32 Å². The summed E-state index contributed by atoms with van der Waals surface area (Å²) in [6.45, 7) is 3.23. The number of hydrogen-bond donors (Lipinski definition) is 2. The van der Waals surface area contributed by atoms with E-state index in [9.17, 15) is 0 Å². The zero-order chi connectivity index (χ0) is 12.6. The van der Waals surface area contributed by atoms with Gasteiger partial charge < -0.3 is 10.3 Å². The summed E-state index contributed by atoms with van der Waals surface area (Å²) in [6, 6.07) is 0. The summed E-state index contributed by atoms with van der Waals surface area (Å²) in [5, 5.41) is 3.62. The van der Waals surface area contributed by atoms with Crippen molar-refractivity contribution < 1.29 is 0 Å². The number of aromatic amines is 1. The van der Waals surface area contributed by atoms with Crippen LogP contribution in [0, 0.1) is 5.41 Å². The number of rotatable bonds is 3. The first kappa shape index (κ1) is 11.7. The number of fused-ring (bicyclic) bond motifs is 1. The summed E-state index contributed by atoms with van der Waals surface area (Å²) in [4.78, 5) is 15.5. The Kier molecular flexibility index (Phi) is 2.86. The molecule has 0 aliphatic heterocycles. The first-order valence-electron chi connectivity index (χ1n) is 6.27. The van der Waals surface area contributed by atoms with E-state index in [2.05, 4.69) is 32.2 Å². The van der Waals surface area contributed by atoms with Crippen molar-refractivity contribution >= 4 is 28.6 Å². The molecule has 0 atom stereocenters. The lowest BCUT2D eigenvalue weighted by atomic mass is 9.89. The molecule has 0 bridgehead atoms. The van der Waals surface area contributed by atoms with Crippen LogP contribution in [0.1, 0.15) is 32.6 Å². The highest BCUT2D eigenvalue weighted by atomic mass is 35.5. The zero-order valence-corrected chi connectivity index (χ0v) is 11.1. The molecule has 2 aromatic rings. The lowest BCUT2D eigenvalue weighted by molar-refractivity contribution is 0.361. The van der Waals surface area contributed by atoms with Gasteiger partial charge >= 0.3 is 0 Å². The molecule has 0 amide bonds. The number of aromatic nitrogens is 4. The third kappa shape index (κ3) is 2.14. The second-order valence-electron chi connectivity index (χ2n) is 5.31. The smallest absolute Gasteiger partial charge is 0.226 e. The second-order valence-corrected chi connectivity index (χ2v) is 5.65. The van der Waals surface area contributed by atoms with Crippen molar-refractivity contribution in [2.45, 2.75) is 32.6 Å². The minimum Gasteiger partial charge on any atom is -0.368 e. The number of anilines is 1. The summed E-state index contributed by atoms with van der Waals surface area (Å²) >= 11 is 5.89. The molecule has 18 heavy (non-hydrogen) atoms. The van der Waals surface area contributed by atoms with Crippen molar-refractivity contribution in [3.8, 4) is 0 Å². The van der Waals surface area contributed by atoms with Crippen molar-refractivity contribution in [3.63, 3.8) is 0 Å². The van der Waals surface area contributed by atoms with E-state index in [1.165, 1.54) is 25.7 Å². The Labute approximate surface area is 110 Å². The van der Waals surface area contributed by atoms with E-state index < -0.39 is 0 Å². The van der Waals surface area contributed by atoms with Crippen LogP contribution in [0.3, 0.4) is 0 Å². The molecule has 1 fully saturated rings. The van der Waals surface area contributed by atoms with Gasteiger partial charge in [-0.2, -0.15) is 9.97 Å². The maximum Gasteiger partial charge on any atom is 0.226 e. The average molecular weight is 266 g/mol. The number of H-pyrrole nitrogens is 1. The number of hydrogen-bond acceptors (Lipinski definition) is 4. The highest BCUT2D eigenvalue weighted by Gasteiger charge is 2.28. The summed E-state index contributed by atoms with van der Waals surface area (Å²) < 4.78 is 0. The Balaban J connectivity index is 1.83. The van der Waals surface area contributed by atoms with E-state index >= 15 is 0 Å². The van der Waals surface area contributed by atoms with E-state index in [1.807, 2.05) is 0 Å². The summed E-state index contributed by atoms with van der Waals surface area (Å²) in [5.74, 6) is 0.746. The van der Waals surface area contributed by atoms with Crippen LogP contribution in [0.25, 0.3) is 11.2 Å². The maximum atomic E-state index is 5.89. The van der Waals surface area contributed by atoms with E-state index in [0.29, 0.717) is 11.1 Å². The fourth-order valence-electron chi connectivity index (χ4n) is 2.64. The molecule has 0 spiro atoms. The predicted octanol–water partition coefficient (Wildman–Crippen LogP) is 3.00. The summed E-state index contributed by atoms with van der Waals surface area (Å²) in [5.41, 5.74) is 1.79. The van der Waals surface area contributed by atoms with Gasteiger partial charge in [0.25, 0.3) is 0 Å². The number of imidazole rings is 1. The van der Waals surface area contributed by atoms with Crippen LogP contribution >= 0.6 is 11.6 Å². The van der Waals surface area contributed by atoms with Gasteiger partial charge in [-0.05, 0) is 29.9 Å². The Morgan fingerprint density at radius 3 is 2.94 bits per heavy atom. The van der Waals surface area contributed by atoms with E-state index in [0.717, 1.165) is 17.9 Å². The average Bonchev–Trinajstić information content (AvgIpc) is 2.95. The normalized spacial score (nSPS) is 18.3. The molecular formula is C12H16ClN5. The molecule has 1 aliphatic carbocycles. The Bertz CT molecular complexity index is 559. The van der Waals surface area contributed by atoms with Crippen molar-refractivity contribution in [3.05, 3.63) is 11.6 Å². The van der Waals surface area contributed by atoms with Crippen molar-refractivity contribution in [1.29, 1.82) is 0 Å². The van der Waals surface area contributed by atoms with Crippen LogP contribution in [0.15, 0.2) is 6.33 Å². The standard InChI is InChI=1S/C12H16ClN5/c1-12(4-2-3-5-12)6-14-9-8-10(16-7-15-8)18-11(13)17-9/h7H,2-6H2,1H3,(H2,14,15,16,17,18). The molecule has 2 aromatic heterocycles. The quantitative estimate of drug-likeness (QED) is 0.838. The molecule has 2 heterocycles. The zero-order valence-electron chi connectivity index (χ0n) is 10.3. The van der Waals surface area contributed by atoms with E-state index in [-0.39, 0.29) is 5.28 Å². The van der Waals surface area contributed by atoms with Gasteiger partial charge in [0.15, 0.2) is 11.5 Å². The molecule has 2 N–H and O–H groups in total. The molecule has 3 rings (SSSR count).